The summed E-state index contributed by atoms with van der Waals surface area (Å²) in [5, 5.41) is 5.57. The molecule has 3 rings (SSSR count). The van der Waals surface area contributed by atoms with E-state index in [-0.39, 0.29) is 11.8 Å². The molecule has 22 heavy (non-hydrogen) atoms. The molecule has 0 atom stereocenters. The van der Waals surface area contributed by atoms with E-state index >= 15 is 0 Å². The second-order valence-corrected chi connectivity index (χ2v) is 4.90. The first-order chi connectivity index (χ1) is 10.7. The maximum absolute atomic E-state index is 12.2. The smallest absolute Gasteiger partial charge is 0.251 e. The number of rotatable bonds is 3. The van der Waals surface area contributed by atoms with Crippen LogP contribution in [-0.4, -0.2) is 23.4 Å². The van der Waals surface area contributed by atoms with Crippen LogP contribution in [0.15, 0.2) is 42.7 Å². The zero-order valence-electron chi connectivity index (χ0n) is 11.8. The Morgan fingerprint density at radius 3 is 2.91 bits per heavy atom. The number of nitrogens with zero attached hydrogens (tertiary/aromatic N) is 1. The van der Waals surface area contributed by atoms with Gasteiger partial charge in [-0.05, 0) is 35.9 Å². The average Bonchev–Trinajstić information content (AvgIpc) is 2.73. The largest absolute Gasteiger partial charge is 0.491 e. The molecule has 1 aromatic heterocycles. The molecule has 0 saturated heterocycles. The van der Waals surface area contributed by atoms with Gasteiger partial charge in [0.05, 0.1) is 18.7 Å². The van der Waals surface area contributed by atoms with Crippen LogP contribution >= 0.6 is 0 Å². The van der Waals surface area contributed by atoms with E-state index in [0.29, 0.717) is 36.6 Å². The quantitative estimate of drug-likeness (QED) is 0.904. The molecular weight excluding hydrogens is 282 g/mol. The predicted molar refractivity (Wildman–Crippen MR) is 80.6 cm³/mol. The molecule has 1 aliphatic rings. The normalized spacial score (nSPS) is 13.4. The average molecular weight is 297 g/mol. The lowest BCUT2D eigenvalue weighted by atomic mass is 10.1. The zero-order chi connectivity index (χ0) is 15.4. The Hall–Kier alpha value is -2.89. The summed E-state index contributed by atoms with van der Waals surface area (Å²) >= 11 is 0. The Morgan fingerprint density at radius 2 is 2.09 bits per heavy atom. The lowest BCUT2D eigenvalue weighted by Crippen LogP contribution is -2.23. The molecule has 2 aromatic rings. The van der Waals surface area contributed by atoms with Gasteiger partial charge in [-0.15, -0.1) is 0 Å². The molecule has 0 radical (unpaired) electrons. The Labute approximate surface area is 127 Å². The van der Waals surface area contributed by atoms with Crippen molar-refractivity contribution in [3.05, 3.63) is 53.9 Å². The van der Waals surface area contributed by atoms with E-state index < -0.39 is 0 Å². The number of carbonyl (C=O) groups excluding carboxylic acids is 2. The summed E-state index contributed by atoms with van der Waals surface area (Å²) in [6.07, 6.45) is 3.66. The van der Waals surface area contributed by atoms with E-state index in [1.54, 1.807) is 30.6 Å². The molecule has 0 saturated carbocycles. The summed E-state index contributed by atoms with van der Waals surface area (Å²) in [7, 11) is 0. The number of hydrogen-bond acceptors (Lipinski definition) is 4. The van der Waals surface area contributed by atoms with E-state index in [4.69, 9.17) is 4.74 Å². The van der Waals surface area contributed by atoms with E-state index in [9.17, 15) is 9.59 Å². The molecule has 1 aromatic carbocycles. The van der Waals surface area contributed by atoms with Crippen molar-refractivity contribution in [2.45, 2.75) is 13.0 Å². The van der Waals surface area contributed by atoms with Crippen LogP contribution in [0.25, 0.3) is 0 Å². The van der Waals surface area contributed by atoms with Crippen molar-refractivity contribution >= 4 is 17.5 Å². The molecule has 6 heteroatoms. The number of ether oxygens (including phenoxy) is 1. The lowest BCUT2D eigenvalue weighted by molar-refractivity contribution is -0.116. The standard InChI is InChI=1S/C16H15N3O3/c20-15-5-8-22-14-2-1-12(9-13(14)19-15)16(21)18-10-11-3-6-17-7-4-11/h1-4,6-7,9H,5,8,10H2,(H,18,21)(H,19,20). The van der Waals surface area contributed by atoms with Crippen LogP contribution in [0.4, 0.5) is 5.69 Å². The van der Waals surface area contributed by atoms with Crippen LogP contribution in [-0.2, 0) is 11.3 Å². The minimum atomic E-state index is -0.210. The van der Waals surface area contributed by atoms with Crippen LogP contribution in [0.1, 0.15) is 22.3 Å². The number of aromatic nitrogens is 1. The third-order valence-corrected chi connectivity index (χ3v) is 3.30. The first kappa shape index (κ1) is 14.1. The Morgan fingerprint density at radius 1 is 1.27 bits per heavy atom. The topological polar surface area (TPSA) is 80.3 Å². The summed E-state index contributed by atoms with van der Waals surface area (Å²) in [5.41, 5.74) is 1.97. The van der Waals surface area contributed by atoms with Gasteiger partial charge in [-0.2, -0.15) is 0 Å². The number of pyridine rings is 1. The second-order valence-electron chi connectivity index (χ2n) is 4.90. The van der Waals surface area contributed by atoms with Gasteiger partial charge in [-0.1, -0.05) is 0 Å². The Kier molecular flexibility index (Phi) is 4.00. The maximum atomic E-state index is 12.2. The van der Waals surface area contributed by atoms with Gasteiger partial charge in [0.2, 0.25) is 5.91 Å². The van der Waals surface area contributed by atoms with E-state index in [1.807, 2.05) is 12.1 Å². The van der Waals surface area contributed by atoms with Crippen LogP contribution in [0.5, 0.6) is 5.75 Å². The van der Waals surface area contributed by atoms with Gasteiger partial charge in [-0.25, -0.2) is 0 Å². The molecule has 6 nitrogen and oxygen atoms in total. The Balaban J connectivity index is 1.72. The number of fused-ring (bicyclic) bond motifs is 1. The highest BCUT2D eigenvalue weighted by atomic mass is 16.5. The van der Waals surface area contributed by atoms with Crippen molar-refractivity contribution < 1.29 is 14.3 Å². The molecule has 2 amide bonds. The molecule has 2 heterocycles. The molecule has 0 aliphatic carbocycles. The van der Waals surface area contributed by atoms with Crippen molar-refractivity contribution in [2.24, 2.45) is 0 Å². The minimum Gasteiger partial charge on any atom is -0.491 e. The molecule has 0 fully saturated rings. The second kappa shape index (κ2) is 6.26. The molecular formula is C16H15N3O3. The van der Waals surface area contributed by atoms with Gasteiger partial charge in [0.25, 0.3) is 5.91 Å². The highest BCUT2D eigenvalue weighted by molar-refractivity contribution is 5.98. The van der Waals surface area contributed by atoms with E-state index in [2.05, 4.69) is 15.6 Å². The van der Waals surface area contributed by atoms with Crippen molar-refractivity contribution in [1.29, 1.82) is 0 Å². The summed E-state index contributed by atoms with van der Waals surface area (Å²) in [5.74, 6) is 0.253. The van der Waals surface area contributed by atoms with E-state index in [1.165, 1.54) is 0 Å². The number of carbonyl (C=O) groups is 2. The van der Waals surface area contributed by atoms with Crippen molar-refractivity contribution in [3.63, 3.8) is 0 Å². The van der Waals surface area contributed by atoms with Crippen molar-refractivity contribution in [1.82, 2.24) is 10.3 Å². The third kappa shape index (κ3) is 3.22. The number of anilines is 1. The predicted octanol–water partition coefficient (Wildman–Crippen LogP) is 1.73. The molecule has 0 unspecified atom stereocenters. The van der Waals surface area contributed by atoms with Gasteiger partial charge >= 0.3 is 0 Å². The molecule has 0 spiro atoms. The van der Waals surface area contributed by atoms with Crippen LogP contribution < -0.4 is 15.4 Å². The number of benzene rings is 1. The zero-order valence-corrected chi connectivity index (χ0v) is 11.8. The first-order valence-corrected chi connectivity index (χ1v) is 6.96. The fraction of sp³-hybridized carbons (Fsp3) is 0.188. The molecule has 0 bridgehead atoms. The van der Waals surface area contributed by atoms with Crippen LogP contribution in [0, 0.1) is 0 Å². The summed E-state index contributed by atoms with van der Waals surface area (Å²) in [4.78, 5) is 27.7. The summed E-state index contributed by atoms with van der Waals surface area (Å²) in [6.45, 7) is 0.758. The van der Waals surface area contributed by atoms with Gasteiger partial charge in [-0.3, -0.25) is 14.6 Å². The van der Waals surface area contributed by atoms with Gasteiger partial charge in [0, 0.05) is 24.5 Å². The van der Waals surface area contributed by atoms with E-state index in [0.717, 1.165) is 5.56 Å². The third-order valence-electron chi connectivity index (χ3n) is 3.30. The SMILES string of the molecule is O=C1CCOc2ccc(C(=O)NCc3ccncc3)cc2N1. The number of nitrogens with one attached hydrogen (secondary N) is 2. The van der Waals surface area contributed by atoms with Gasteiger partial charge < -0.3 is 15.4 Å². The number of hydrogen-bond donors (Lipinski definition) is 2. The minimum absolute atomic E-state index is 0.118. The highest BCUT2D eigenvalue weighted by Crippen LogP contribution is 2.28. The fourth-order valence-corrected chi connectivity index (χ4v) is 2.15. The summed E-state index contributed by atoms with van der Waals surface area (Å²) in [6, 6.07) is 8.68. The monoisotopic (exact) mass is 297 g/mol. The van der Waals surface area contributed by atoms with Gasteiger partial charge in [0.15, 0.2) is 0 Å². The molecule has 2 N–H and O–H groups in total. The first-order valence-electron chi connectivity index (χ1n) is 6.96. The van der Waals surface area contributed by atoms with Crippen LogP contribution in [0.2, 0.25) is 0 Å². The molecule has 1 aliphatic heterocycles. The highest BCUT2D eigenvalue weighted by Gasteiger charge is 2.16. The van der Waals surface area contributed by atoms with Crippen molar-refractivity contribution in [2.75, 3.05) is 11.9 Å². The lowest BCUT2D eigenvalue weighted by Gasteiger charge is -2.10. The van der Waals surface area contributed by atoms with Crippen LogP contribution in [0.3, 0.4) is 0 Å². The van der Waals surface area contributed by atoms with Gasteiger partial charge in [0.1, 0.15) is 5.75 Å². The fourth-order valence-electron chi connectivity index (χ4n) is 2.15. The summed E-state index contributed by atoms with van der Waals surface area (Å²) < 4.78 is 5.46. The van der Waals surface area contributed by atoms with Crippen molar-refractivity contribution in [3.8, 4) is 5.75 Å². The molecule has 112 valence electrons. The number of amides is 2. The maximum Gasteiger partial charge on any atom is 0.251 e. The Bertz CT molecular complexity index is 701.